The first-order valence-corrected chi connectivity index (χ1v) is 6.51. The van der Waals surface area contributed by atoms with Crippen LogP contribution in [0.2, 0.25) is 0 Å². The molecular formula is C11H13Br2NO2. The maximum Gasteiger partial charge on any atom is 0.320 e. The molecule has 0 saturated heterocycles. The molecule has 0 aliphatic carbocycles. The highest BCUT2D eigenvalue weighted by Gasteiger charge is 2.13. The Kier molecular flexibility index (Phi) is 6.01. The fourth-order valence-corrected chi connectivity index (χ4v) is 2.06. The fraction of sp³-hybridized carbons (Fsp3) is 0.364. The molecule has 1 aromatic rings. The molecule has 88 valence electrons. The molecule has 0 aliphatic rings. The number of hydrogen-bond donors (Lipinski definition) is 1. The lowest BCUT2D eigenvalue weighted by atomic mass is 10.2. The van der Waals surface area contributed by atoms with Crippen LogP contribution in [-0.4, -0.2) is 24.5 Å². The highest BCUT2D eigenvalue weighted by molar-refractivity contribution is 9.10. The molecule has 0 radical (unpaired) electrons. The van der Waals surface area contributed by atoms with Crippen molar-refractivity contribution >= 4 is 37.8 Å². The van der Waals surface area contributed by atoms with Gasteiger partial charge >= 0.3 is 5.97 Å². The van der Waals surface area contributed by atoms with Crippen molar-refractivity contribution in [2.45, 2.75) is 11.4 Å². The van der Waals surface area contributed by atoms with Crippen LogP contribution < -0.4 is 5.32 Å². The van der Waals surface area contributed by atoms with E-state index in [1.807, 2.05) is 24.3 Å². The number of hydrogen-bond acceptors (Lipinski definition) is 3. The van der Waals surface area contributed by atoms with E-state index in [-0.39, 0.29) is 10.8 Å². The lowest BCUT2D eigenvalue weighted by Gasteiger charge is -2.09. The van der Waals surface area contributed by atoms with E-state index in [9.17, 15) is 4.79 Å². The van der Waals surface area contributed by atoms with E-state index in [2.05, 4.69) is 41.9 Å². The molecule has 1 N–H and O–H groups in total. The van der Waals surface area contributed by atoms with E-state index in [1.165, 1.54) is 12.7 Å². The molecule has 0 aliphatic heterocycles. The van der Waals surface area contributed by atoms with Gasteiger partial charge in [0.05, 0.1) is 7.11 Å². The maximum absolute atomic E-state index is 11.1. The van der Waals surface area contributed by atoms with Crippen LogP contribution in [0.15, 0.2) is 28.7 Å². The van der Waals surface area contributed by atoms with Crippen molar-refractivity contribution in [1.29, 1.82) is 0 Å². The van der Waals surface area contributed by atoms with Crippen LogP contribution in [0.1, 0.15) is 5.56 Å². The summed E-state index contributed by atoms with van der Waals surface area (Å²) in [6.07, 6.45) is 0. The van der Waals surface area contributed by atoms with Crippen LogP contribution in [0.5, 0.6) is 0 Å². The Morgan fingerprint density at radius 2 is 2.31 bits per heavy atom. The summed E-state index contributed by atoms with van der Waals surface area (Å²) >= 11 is 6.65. The van der Waals surface area contributed by atoms with Crippen molar-refractivity contribution in [2.24, 2.45) is 0 Å². The molecule has 16 heavy (non-hydrogen) atoms. The van der Waals surface area contributed by atoms with E-state index in [4.69, 9.17) is 0 Å². The molecule has 0 fully saturated rings. The Bertz CT molecular complexity index is 358. The predicted molar refractivity (Wildman–Crippen MR) is 70.6 cm³/mol. The van der Waals surface area contributed by atoms with Crippen LogP contribution >= 0.6 is 31.9 Å². The number of carbonyl (C=O) groups is 1. The summed E-state index contributed by atoms with van der Waals surface area (Å²) in [5, 5.41) is 3.18. The van der Waals surface area contributed by atoms with Gasteiger partial charge in [0.1, 0.15) is 4.83 Å². The lowest BCUT2D eigenvalue weighted by molar-refractivity contribution is -0.139. The molecule has 1 atom stereocenters. The smallest absolute Gasteiger partial charge is 0.320 e. The zero-order valence-corrected chi connectivity index (χ0v) is 12.0. The molecule has 0 bridgehead atoms. The number of methoxy groups -OCH3 is 1. The minimum atomic E-state index is -0.301. The molecule has 0 saturated carbocycles. The van der Waals surface area contributed by atoms with Crippen molar-refractivity contribution in [1.82, 2.24) is 5.32 Å². The summed E-state index contributed by atoms with van der Waals surface area (Å²) < 4.78 is 5.65. The second-order valence-corrected chi connectivity index (χ2v) is 5.27. The third kappa shape index (κ3) is 4.63. The molecule has 1 rings (SSSR count). The Morgan fingerprint density at radius 1 is 1.56 bits per heavy atom. The van der Waals surface area contributed by atoms with E-state index < -0.39 is 0 Å². The zero-order chi connectivity index (χ0) is 12.0. The molecule has 0 amide bonds. The maximum atomic E-state index is 11.1. The highest BCUT2D eigenvalue weighted by Crippen LogP contribution is 2.11. The molecule has 1 unspecified atom stereocenters. The van der Waals surface area contributed by atoms with E-state index in [1.54, 1.807) is 0 Å². The van der Waals surface area contributed by atoms with Gasteiger partial charge in [-0.2, -0.15) is 0 Å². The van der Waals surface area contributed by atoms with E-state index >= 15 is 0 Å². The van der Waals surface area contributed by atoms with Gasteiger partial charge in [-0.1, -0.05) is 44.0 Å². The second-order valence-electron chi connectivity index (χ2n) is 3.25. The summed E-state index contributed by atoms with van der Waals surface area (Å²) in [6.45, 7) is 1.26. The van der Waals surface area contributed by atoms with Crippen LogP contribution in [0.4, 0.5) is 0 Å². The number of benzene rings is 1. The topological polar surface area (TPSA) is 38.3 Å². The number of nitrogens with one attached hydrogen (secondary N) is 1. The molecule has 3 nitrogen and oxygen atoms in total. The van der Waals surface area contributed by atoms with Gasteiger partial charge in [0, 0.05) is 17.6 Å². The Hall–Kier alpha value is -0.390. The minimum absolute atomic E-state index is 0.262. The summed E-state index contributed by atoms with van der Waals surface area (Å²) in [7, 11) is 1.38. The van der Waals surface area contributed by atoms with Crippen molar-refractivity contribution in [3.63, 3.8) is 0 Å². The summed E-state index contributed by atoms with van der Waals surface area (Å²) in [5.74, 6) is -0.262. The molecule has 1 aromatic carbocycles. The Labute approximate surface area is 112 Å². The van der Waals surface area contributed by atoms with Crippen molar-refractivity contribution < 1.29 is 9.53 Å². The number of esters is 1. The third-order valence-corrected chi connectivity index (χ3v) is 3.19. The number of halogens is 2. The van der Waals surface area contributed by atoms with Crippen LogP contribution in [0, 0.1) is 0 Å². The number of alkyl halides is 1. The Morgan fingerprint density at radius 3 is 2.94 bits per heavy atom. The Balaban J connectivity index is 2.33. The van der Waals surface area contributed by atoms with Crippen molar-refractivity contribution in [2.75, 3.05) is 13.7 Å². The average Bonchev–Trinajstić information content (AvgIpc) is 2.28. The van der Waals surface area contributed by atoms with Crippen LogP contribution in [0.3, 0.4) is 0 Å². The second kappa shape index (κ2) is 7.04. The lowest BCUT2D eigenvalue weighted by Crippen LogP contribution is -2.29. The first-order chi connectivity index (χ1) is 7.63. The average molecular weight is 351 g/mol. The van der Waals surface area contributed by atoms with E-state index in [0.717, 1.165) is 11.0 Å². The van der Waals surface area contributed by atoms with Gasteiger partial charge in [0.15, 0.2) is 0 Å². The number of rotatable bonds is 5. The molecule has 0 heterocycles. The summed E-state index contributed by atoms with van der Waals surface area (Å²) in [6, 6.07) is 8.02. The zero-order valence-electron chi connectivity index (χ0n) is 8.87. The van der Waals surface area contributed by atoms with Gasteiger partial charge in [-0.05, 0) is 17.7 Å². The van der Waals surface area contributed by atoms with Crippen molar-refractivity contribution in [3.8, 4) is 0 Å². The largest absolute Gasteiger partial charge is 0.468 e. The van der Waals surface area contributed by atoms with Crippen LogP contribution in [-0.2, 0) is 16.1 Å². The van der Waals surface area contributed by atoms with Gasteiger partial charge in [-0.25, -0.2) is 0 Å². The standard InChI is InChI=1S/C11H13Br2NO2/c1-16-11(15)10(13)7-14-6-8-3-2-4-9(12)5-8/h2-5,10,14H,6-7H2,1H3. The van der Waals surface area contributed by atoms with Gasteiger partial charge in [-0.3, -0.25) is 4.79 Å². The predicted octanol–water partition coefficient (Wildman–Crippen LogP) is 2.48. The van der Waals surface area contributed by atoms with Crippen LogP contribution in [0.25, 0.3) is 0 Å². The van der Waals surface area contributed by atoms with Gasteiger partial charge in [-0.15, -0.1) is 0 Å². The number of ether oxygens (including phenoxy) is 1. The number of carbonyl (C=O) groups excluding carboxylic acids is 1. The van der Waals surface area contributed by atoms with Gasteiger partial charge in [0.25, 0.3) is 0 Å². The molecule has 0 aromatic heterocycles. The SMILES string of the molecule is COC(=O)C(Br)CNCc1cccc(Br)c1. The summed E-state index contributed by atoms with van der Waals surface area (Å²) in [4.78, 5) is 10.8. The van der Waals surface area contributed by atoms with E-state index in [0.29, 0.717) is 6.54 Å². The molecule has 5 heteroatoms. The van der Waals surface area contributed by atoms with Gasteiger partial charge in [0.2, 0.25) is 0 Å². The normalized spacial score (nSPS) is 12.2. The third-order valence-electron chi connectivity index (χ3n) is 2.00. The molecule has 0 spiro atoms. The first kappa shape index (κ1) is 13.7. The monoisotopic (exact) mass is 349 g/mol. The molecular weight excluding hydrogens is 338 g/mol. The van der Waals surface area contributed by atoms with Gasteiger partial charge < -0.3 is 10.1 Å². The summed E-state index contributed by atoms with van der Waals surface area (Å²) in [5.41, 5.74) is 1.17. The quantitative estimate of drug-likeness (QED) is 0.655. The van der Waals surface area contributed by atoms with Crippen molar-refractivity contribution in [3.05, 3.63) is 34.3 Å². The first-order valence-electron chi connectivity index (χ1n) is 4.80. The minimum Gasteiger partial charge on any atom is -0.468 e. The fourth-order valence-electron chi connectivity index (χ4n) is 1.20. The highest BCUT2D eigenvalue weighted by atomic mass is 79.9.